The number of hydrogen-bond acceptors (Lipinski definition) is 4. The van der Waals surface area contributed by atoms with Crippen molar-refractivity contribution in [2.24, 2.45) is 5.73 Å². The molecule has 2 aromatic rings. The van der Waals surface area contributed by atoms with Crippen molar-refractivity contribution in [1.29, 1.82) is 0 Å². The Morgan fingerprint density at radius 3 is 2.53 bits per heavy atom. The Morgan fingerprint density at radius 1 is 1.29 bits per heavy atom. The molecule has 0 radical (unpaired) electrons. The second kappa shape index (κ2) is 5.29. The Hall–Kier alpha value is -0.720. The van der Waals surface area contributed by atoms with E-state index in [2.05, 4.69) is 42.0 Å². The minimum atomic E-state index is -0.178. The molecule has 1 atom stereocenters. The molecule has 0 spiro atoms. The molecule has 6 heteroatoms. The Morgan fingerprint density at radius 2 is 1.94 bits per heavy atom. The summed E-state index contributed by atoms with van der Waals surface area (Å²) >= 11 is 6.83. The number of hydrogen-bond donors (Lipinski definition) is 1. The zero-order chi connectivity index (χ0) is 12.4. The Labute approximate surface area is 116 Å². The van der Waals surface area contributed by atoms with E-state index in [1.54, 1.807) is 0 Å². The molecule has 2 rings (SSSR count). The monoisotopic (exact) mass is 359 g/mol. The molecular formula is C11H11Br2N3O. The first-order valence-electron chi connectivity index (χ1n) is 5.15. The second-order valence-electron chi connectivity index (χ2n) is 3.63. The lowest BCUT2D eigenvalue weighted by atomic mass is 10.2. The highest BCUT2D eigenvalue weighted by atomic mass is 79.9. The summed E-state index contributed by atoms with van der Waals surface area (Å²) in [6, 6.07) is 5.60. The van der Waals surface area contributed by atoms with Gasteiger partial charge in [-0.2, -0.15) is 4.98 Å². The van der Waals surface area contributed by atoms with Crippen LogP contribution >= 0.6 is 31.9 Å². The van der Waals surface area contributed by atoms with E-state index >= 15 is 0 Å². The fourth-order valence-electron chi connectivity index (χ4n) is 1.36. The average Bonchev–Trinajstić information content (AvgIpc) is 2.76. The molecular weight excluding hydrogens is 350 g/mol. The highest BCUT2D eigenvalue weighted by Gasteiger charge is 2.14. The van der Waals surface area contributed by atoms with Crippen LogP contribution in [0.1, 0.15) is 25.2 Å². The first kappa shape index (κ1) is 12.7. The molecule has 0 fully saturated rings. The molecule has 17 heavy (non-hydrogen) atoms. The van der Waals surface area contributed by atoms with Crippen LogP contribution in [0.5, 0.6) is 0 Å². The van der Waals surface area contributed by atoms with Crippen molar-refractivity contribution in [3.63, 3.8) is 0 Å². The van der Waals surface area contributed by atoms with Gasteiger partial charge in [0.1, 0.15) is 0 Å². The first-order valence-corrected chi connectivity index (χ1v) is 6.74. The van der Waals surface area contributed by atoms with Crippen molar-refractivity contribution in [1.82, 2.24) is 10.1 Å². The molecule has 0 aliphatic carbocycles. The molecule has 2 N–H and O–H groups in total. The van der Waals surface area contributed by atoms with Gasteiger partial charge in [-0.1, -0.05) is 43.9 Å². The van der Waals surface area contributed by atoms with Gasteiger partial charge in [-0.15, -0.1) is 0 Å². The van der Waals surface area contributed by atoms with Crippen LogP contribution in [0.4, 0.5) is 0 Å². The Kier molecular flexibility index (Phi) is 3.96. The van der Waals surface area contributed by atoms with Crippen LogP contribution < -0.4 is 5.73 Å². The quantitative estimate of drug-likeness (QED) is 0.906. The van der Waals surface area contributed by atoms with Crippen molar-refractivity contribution >= 4 is 31.9 Å². The number of aromatic nitrogens is 2. The third-order valence-corrected chi connectivity index (χ3v) is 3.24. The molecule has 0 saturated heterocycles. The van der Waals surface area contributed by atoms with Gasteiger partial charge in [-0.25, -0.2) is 0 Å². The predicted molar refractivity (Wildman–Crippen MR) is 72.4 cm³/mol. The van der Waals surface area contributed by atoms with Gasteiger partial charge in [0.15, 0.2) is 5.82 Å². The van der Waals surface area contributed by atoms with E-state index in [1.165, 1.54) is 0 Å². The number of benzene rings is 1. The minimum absolute atomic E-state index is 0.178. The van der Waals surface area contributed by atoms with Crippen molar-refractivity contribution in [2.45, 2.75) is 19.4 Å². The van der Waals surface area contributed by atoms with E-state index in [-0.39, 0.29) is 6.04 Å². The van der Waals surface area contributed by atoms with Gasteiger partial charge in [0.25, 0.3) is 5.89 Å². The van der Waals surface area contributed by atoms with E-state index in [0.29, 0.717) is 11.7 Å². The van der Waals surface area contributed by atoms with Crippen molar-refractivity contribution in [3.05, 3.63) is 33.0 Å². The fraction of sp³-hybridized carbons (Fsp3) is 0.273. The SMILES string of the molecule is CCC(N)c1noc(-c2cc(Br)cc(Br)c2)n1. The molecule has 1 aromatic carbocycles. The van der Waals surface area contributed by atoms with E-state index in [0.717, 1.165) is 20.9 Å². The fourth-order valence-corrected chi connectivity index (χ4v) is 2.66. The maximum atomic E-state index is 5.84. The average molecular weight is 361 g/mol. The number of nitrogens with zero attached hydrogens (tertiary/aromatic N) is 2. The Balaban J connectivity index is 2.36. The number of halogens is 2. The summed E-state index contributed by atoms with van der Waals surface area (Å²) in [5.41, 5.74) is 6.70. The zero-order valence-corrected chi connectivity index (χ0v) is 12.3. The lowest BCUT2D eigenvalue weighted by molar-refractivity contribution is 0.415. The van der Waals surface area contributed by atoms with Gasteiger partial charge in [-0.05, 0) is 24.6 Å². The van der Waals surface area contributed by atoms with Gasteiger partial charge in [0.2, 0.25) is 0 Å². The van der Waals surface area contributed by atoms with E-state index in [9.17, 15) is 0 Å². The van der Waals surface area contributed by atoms with E-state index in [1.807, 2.05) is 25.1 Å². The summed E-state index contributed by atoms with van der Waals surface area (Å²) < 4.78 is 7.09. The molecule has 0 amide bonds. The van der Waals surface area contributed by atoms with E-state index < -0.39 is 0 Å². The third-order valence-electron chi connectivity index (χ3n) is 2.32. The van der Waals surface area contributed by atoms with Gasteiger partial charge in [0.05, 0.1) is 6.04 Å². The number of nitrogens with two attached hydrogens (primary N) is 1. The highest BCUT2D eigenvalue weighted by molar-refractivity contribution is 9.11. The molecule has 1 unspecified atom stereocenters. The zero-order valence-electron chi connectivity index (χ0n) is 9.15. The smallest absolute Gasteiger partial charge is 0.258 e. The lowest BCUT2D eigenvalue weighted by Gasteiger charge is -2.00. The van der Waals surface area contributed by atoms with Crippen molar-refractivity contribution in [2.75, 3.05) is 0 Å². The van der Waals surface area contributed by atoms with Crippen LogP contribution in [0, 0.1) is 0 Å². The van der Waals surface area contributed by atoms with Gasteiger partial charge in [0, 0.05) is 14.5 Å². The third kappa shape index (κ3) is 2.94. The lowest BCUT2D eigenvalue weighted by Crippen LogP contribution is -2.10. The van der Waals surface area contributed by atoms with Gasteiger partial charge in [-0.3, -0.25) is 0 Å². The van der Waals surface area contributed by atoms with Gasteiger partial charge < -0.3 is 10.3 Å². The molecule has 0 bridgehead atoms. The second-order valence-corrected chi connectivity index (χ2v) is 5.46. The topological polar surface area (TPSA) is 64.9 Å². The predicted octanol–water partition coefficient (Wildman–Crippen LogP) is 3.67. The van der Waals surface area contributed by atoms with Crippen LogP contribution in [-0.2, 0) is 0 Å². The van der Waals surface area contributed by atoms with Crippen LogP contribution in [0.2, 0.25) is 0 Å². The van der Waals surface area contributed by atoms with Crippen molar-refractivity contribution < 1.29 is 4.52 Å². The first-order chi connectivity index (χ1) is 8.10. The molecule has 1 heterocycles. The summed E-state index contributed by atoms with van der Waals surface area (Å²) in [4.78, 5) is 4.29. The summed E-state index contributed by atoms with van der Waals surface area (Å²) in [7, 11) is 0. The summed E-state index contributed by atoms with van der Waals surface area (Å²) in [5.74, 6) is 1.02. The van der Waals surface area contributed by atoms with Crippen LogP contribution in [-0.4, -0.2) is 10.1 Å². The van der Waals surface area contributed by atoms with E-state index in [4.69, 9.17) is 10.3 Å². The van der Waals surface area contributed by atoms with Crippen LogP contribution in [0.3, 0.4) is 0 Å². The maximum absolute atomic E-state index is 5.84. The molecule has 90 valence electrons. The summed E-state index contributed by atoms with van der Waals surface area (Å²) in [5, 5.41) is 3.88. The normalized spacial score (nSPS) is 12.7. The molecule has 0 aliphatic heterocycles. The largest absolute Gasteiger partial charge is 0.334 e. The summed E-state index contributed by atoms with van der Waals surface area (Å²) in [6.07, 6.45) is 0.779. The standard InChI is InChI=1S/C11H11Br2N3O/c1-2-9(14)10-15-11(17-16-10)6-3-7(12)5-8(13)4-6/h3-5,9H,2,14H2,1H3. The molecule has 4 nitrogen and oxygen atoms in total. The molecule has 0 saturated carbocycles. The van der Waals surface area contributed by atoms with Crippen LogP contribution in [0.15, 0.2) is 31.7 Å². The molecule has 0 aliphatic rings. The highest BCUT2D eigenvalue weighted by Crippen LogP contribution is 2.27. The maximum Gasteiger partial charge on any atom is 0.258 e. The number of rotatable bonds is 3. The van der Waals surface area contributed by atoms with Crippen LogP contribution in [0.25, 0.3) is 11.5 Å². The molecule has 1 aromatic heterocycles. The summed E-state index contributed by atoms with van der Waals surface area (Å²) in [6.45, 7) is 1.98. The minimum Gasteiger partial charge on any atom is -0.334 e. The van der Waals surface area contributed by atoms with Gasteiger partial charge >= 0.3 is 0 Å². The Bertz CT molecular complexity index is 507. The van der Waals surface area contributed by atoms with Crippen molar-refractivity contribution in [3.8, 4) is 11.5 Å².